The molecule has 2 aromatic carbocycles. The molecule has 0 bridgehead atoms. The van der Waals surface area contributed by atoms with Gasteiger partial charge in [0.05, 0.1) is 31.4 Å². The zero-order valence-corrected chi connectivity index (χ0v) is 18.6. The predicted molar refractivity (Wildman–Crippen MR) is 125 cm³/mol. The Morgan fingerprint density at radius 2 is 1.91 bits per heavy atom. The van der Waals surface area contributed by atoms with Gasteiger partial charge in [0, 0.05) is 24.1 Å². The Labute approximate surface area is 190 Å². The molecule has 0 saturated carbocycles. The quantitative estimate of drug-likeness (QED) is 0.574. The van der Waals surface area contributed by atoms with Crippen LogP contribution in [-0.2, 0) is 11.3 Å². The van der Waals surface area contributed by atoms with Crippen LogP contribution in [-0.4, -0.2) is 36.8 Å². The Morgan fingerprint density at radius 3 is 2.66 bits per heavy atom. The molecule has 3 aromatic rings. The lowest BCUT2D eigenvalue weighted by Gasteiger charge is -2.24. The molecule has 0 saturated heterocycles. The number of hydrogen-bond acceptors (Lipinski definition) is 6. The van der Waals surface area contributed by atoms with E-state index in [1.165, 1.54) is 16.3 Å². The van der Waals surface area contributed by atoms with E-state index in [0.29, 0.717) is 41.4 Å². The van der Waals surface area contributed by atoms with Crippen molar-refractivity contribution >= 4 is 34.6 Å². The van der Waals surface area contributed by atoms with Gasteiger partial charge in [0.25, 0.3) is 5.91 Å². The summed E-state index contributed by atoms with van der Waals surface area (Å²) in [6, 6.07) is 16.7. The highest BCUT2D eigenvalue weighted by Gasteiger charge is 2.22. The molecule has 1 aliphatic rings. The lowest BCUT2D eigenvalue weighted by Crippen LogP contribution is -2.31. The number of hydrogen-bond donors (Lipinski definition) is 1. The lowest BCUT2D eigenvalue weighted by atomic mass is 10.0. The minimum absolute atomic E-state index is 0.0396. The molecule has 0 aliphatic carbocycles. The number of methoxy groups -OCH3 is 2. The van der Waals surface area contributed by atoms with Gasteiger partial charge in [-0.25, -0.2) is 5.01 Å². The van der Waals surface area contributed by atoms with Crippen LogP contribution in [0.1, 0.15) is 33.6 Å². The molecule has 7 nitrogen and oxygen atoms in total. The Morgan fingerprint density at radius 1 is 1.06 bits per heavy atom. The summed E-state index contributed by atoms with van der Waals surface area (Å²) in [6.45, 7) is 0.318. The van der Waals surface area contributed by atoms with Crippen LogP contribution in [0.15, 0.2) is 65.1 Å². The molecule has 1 N–H and O–H groups in total. The summed E-state index contributed by atoms with van der Waals surface area (Å²) in [5, 5.41) is 10.9. The summed E-state index contributed by atoms with van der Waals surface area (Å²) in [5.74, 6) is 1.06. The summed E-state index contributed by atoms with van der Waals surface area (Å²) in [5.41, 5.74) is 3.25. The van der Waals surface area contributed by atoms with Gasteiger partial charge in [-0.15, -0.1) is 11.3 Å². The molecular weight excluding hydrogens is 426 g/mol. The number of benzene rings is 2. The highest BCUT2D eigenvalue weighted by Crippen LogP contribution is 2.29. The van der Waals surface area contributed by atoms with Crippen LogP contribution < -0.4 is 14.8 Å². The normalized spacial score (nSPS) is 13.5. The van der Waals surface area contributed by atoms with Gasteiger partial charge < -0.3 is 14.8 Å². The van der Waals surface area contributed by atoms with E-state index in [-0.39, 0.29) is 11.8 Å². The largest absolute Gasteiger partial charge is 0.493 e. The van der Waals surface area contributed by atoms with Crippen molar-refractivity contribution in [1.82, 2.24) is 5.01 Å². The lowest BCUT2D eigenvalue weighted by molar-refractivity contribution is -0.132. The number of ether oxygens (including phenoxy) is 2. The third kappa shape index (κ3) is 4.81. The number of carbonyl (C=O) groups is 2. The second-order valence-electron chi connectivity index (χ2n) is 7.20. The molecule has 164 valence electrons. The number of rotatable bonds is 7. The van der Waals surface area contributed by atoms with Crippen molar-refractivity contribution < 1.29 is 19.1 Å². The molecule has 32 heavy (non-hydrogen) atoms. The molecule has 8 heteroatoms. The van der Waals surface area contributed by atoms with Crippen molar-refractivity contribution in [2.24, 2.45) is 5.10 Å². The molecule has 2 heterocycles. The molecule has 0 unspecified atom stereocenters. The van der Waals surface area contributed by atoms with Gasteiger partial charge in [-0.05, 0) is 47.3 Å². The van der Waals surface area contributed by atoms with E-state index in [9.17, 15) is 9.59 Å². The minimum Gasteiger partial charge on any atom is -0.493 e. The molecule has 0 radical (unpaired) electrons. The predicted octanol–water partition coefficient (Wildman–Crippen LogP) is 4.54. The number of carbonyl (C=O) groups excluding carboxylic acids is 2. The van der Waals surface area contributed by atoms with E-state index in [1.807, 2.05) is 53.9 Å². The maximum absolute atomic E-state index is 12.5. The summed E-state index contributed by atoms with van der Waals surface area (Å²) in [4.78, 5) is 25.5. The molecule has 0 spiro atoms. The fraction of sp³-hybridized carbons (Fsp3) is 0.208. The Balaban J connectivity index is 1.52. The molecule has 0 fully saturated rings. The van der Waals surface area contributed by atoms with Crippen molar-refractivity contribution in [3.05, 3.63) is 76.0 Å². The fourth-order valence-electron chi connectivity index (χ4n) is 3.47. The molecule has 4 rings (SSSR count). The van der Waals surface area contributed by atoms with Crippen LogP contribution >= 0.6 is 11.3 Å². The average Bonchev–Trinajstić information content (AvgIpc) is 3.35. The first kappa shape index (κ1) is 21.6. The van der Waals surface area contributed by atoms with Gasteiger partial charge in [-0.3, -0.25) is 9.59 Å². The standard InChI is InChI=1S/C24H23N3O4S/c1-30-20-10-8-17(14-21(20)31-2)19-9-11-23(28)27(26-19)15-16-5-3-6-18(13-16)25-24(29)22-7-4-12-32-22/h3-8,10,12-14H,9,11,15H2,1-2H3,(H,25,29). The molecule has 0 atom stereocenters. The van der Waals surface area contributed by atoms with E-state index in [0.717, 1.165) is 16.8 Å². The molecule has 1 aliphatic heterocycles. The Hall–Kier alpha value is -3.65. The van der Waals surface area contributed by atoms with Gasteiger partial charge in [-0.2, -0.15) is 5.10 Å². The number of anilines is 1. The molecule has 1 aromatic heterocycles. The summed E-state index contributed by atoms with van der Waals surface area (Å²) in [6.07, 6.45) is 0.934. The van der Waals surface area contributed by atoms with Gasteiger partial charge in [0.1, 0.15) is 0 Å². The van der Waals surface area contributed by atoms with Crippen LogP contribution in [0, 0.1) is 0 Å². The fourth-order valence-corrected chi connectivity index (χ4v) is 4.09. The van der Waals surface area contributed by atoms with Gasteiger partial charge >= 0.3 is 0 Å². The van der Waals surface area contributed by atoms with E-state index in [4.69, 9.17) is 9.47 Å². The highest BCUT2D eigenvalue weighted by atomic mass is 32.1. The minimum atomic E-state index is -0.153. The summed E-state index contributed by atoms with van der Waals surface area (Å²) in [7, 11) is 3.18. The van der Waals surface area contributed by atoms with Crippen molar-refractivity contribution in [1.29, 1.82) is 0 Å². The average molecular weight is 450 g/mol. The second-order valence-corrected chi connectivity index (χ2v) is 8.15. The third-order valence-corrected chi connectivity index (χ3v) is 5.95. The summed E-state index contributed by atoms with van der Waals surface area (Å²) < 4.78 is 10.7. The first-order valence-electron chi connectivity index (χ1n) is 10.1. The Kier molecular flexibility index (Phi) is 6.51. The van der Waals surface area contributed by atoms with Crippen LogP contribution in [0.3, 0.4) is 0 Å². The van der Waals surface area contributed by atoms with Crippen LogP contribution in [0.25, 0.3) is 0 Å². The van der Waals surface area contributed by atoms with Crippen molar-refractivity contribution in [2.75, 3.05) is 19.5 Å². The van der Waals surface area contributed by atoms with Crippen LogP contribution in [0.2, 0.25) is 0 Å². The van der Waals surface area contributed by atoms with Gasteiger partial charge in [-0.1, -0.05) is 18.2 Å². The smallest absolute Gasteiger partial charge is 0.265 e. The maximum atomic E-state index is 12.5. The molecule has 2 amide bonds. The topological polar surface area (TPSA) is 80.2 Å². The second kappa shape index (κ2) is 9.65. The Bertz CT molecular complexity index is 1160. The number of amides is 2. The monoisotopic (exact) mass is 449 g/mol. The van der Waals surface area contributed by atoms with E-state index >= 15 is 0 Å². The maximum Gasteiger partial charge on any atom is 0.265 e. The zero-order valence-electron chi connectivity index (χ0n) is 17.8. The highest BCUT2D eigenvalue weighted by molar-refractivity contribution is 7.12. The third-order valence-electron chi connectivity index (χ3n) is 5.08. The number of nitrogens with one attached hydrogen (secondary N) is 1. The summed E-state index contributed by atoms with van der Waals surface area (Å²) >= 11 is 1.39. The first-order valence-corrected chi connectivity index (χ1v) is 11.0. The zero-order chi connectivity index (χ0) is 22.5. The van der Waals surface area contributed by atoms with Crippen molar-refractivity contribution in [3.63, 3.8) is 0 Å². The van der Waals surface area contributed by atoms with Crippen molar-refractivity contribution in [2.45, 2.75) is 19.4 Å². The molecular formula is C24H23N3O4S. The number of hydrazone groups is 1. The first-order chi connectivity index (χ1) is 15.6. The number of thiophene rings is 1. The van der Waals surface area contributed by atoms with Gasteiger partial charge in [0.2, 0.25) is 5.91 Å². The van der Waals surface area contributed by atoms with Crippen LogP contribution in [0.5, 0.6) is 11.5 Å². The van der Waals surface area contributed by atoms with Crippen molar-refractivity contribution in [3.8, 4) is 11.5 Å². The van der Waals surface area contributed by atoms with E-state index in [2.05, 4.69) is 10.4 Å². The number of nitrogens with zero attached hydrogens (tertiary/aromatic N) is 2. The van der Waals surface area contributed by atoms with Gasteiger partial charge in [0.15, 0.2) is 11.5 Å². The van der Waals surface area contributed by atoms with E-state index in [1.54, 1.807) is 20.3 Å². The van der Waals surface area contributed by atoms with E-state index < -0.39 is 0 Å². The SMILES string of the molecule is COc1ccc(C2=NN(Cc3cccc(NC(=O)c4cccs4)c3)C(=O)CC2)cc1OC. The van der Waals surface area contributed by atoms with Crippen LogP contribution in [0.4, 0.5) is 5.69 Å².